The first kappa shape index (κ1) is 5.53. The highest BCUT2D eigenvalue weighted by Gasteiger charge is 2.24. The topological polar surface area (TPSA) is 49.3 Å². The van der Waals surface area contributed by atoms with Crippen LogP contribution in [-0.2, 0) is 4.79 Å². The maximum Gasteiger partial charge on any atom is 0.248 e. The molecular formula is C4H9N3O. The fourth-order valence-corrected chi connectivity index (χ4v) is 0.459. The van der Waals surface area contributed by atoms with Crippen molar-refractivity contribution in [3.8, 4) is 0 Å². The Morgan fingerprint density at radius 2 is 2.25 bits per heavy atom. The molecule has 0 aliphatic carbocycles. The molecule has 2 N–H and O–H groups in total. The summed E-state index contributed by atoms with van der Waals surface area (Å²) in [6.07, 6.45) is 0. The van der Waals surface area contributed by atoms with Crippen molar-refractivity contribution >= 4 is 5.91 Å². The van der Waals surface area contributed by atoms with Gasteiger partial charge in [-0.25, -0.2) is 16.0 Å². The average molecular weight is 115 g/mol. The normalized spacial score (nSPS) is 18.2. The minimum absolute atomic E-state index is 0.109. The van der Waals surface area contributed by atoms with Crippen LogP contribution in [0.25, 0.3) is 0 Å². The van der Waals surface area contributed by atoms with Crippen molar-refractivity contribution in [1.29, 1.82) is 0 Å². The van der Waals surface area contributed by atoms with Crippen LogP contribution < -0.4 is 5.84 Å². The molecule has 1 aliphatic rings. The van der Waals surface area contributed by atoms with E-state index < -0.39 is 0 Å². The highest BCUT2D eigenvalue weighted by Crippen LogP contribution is 2.03. The maximum absolute atomic E-state index is 10.4. The number of amides is 1. The maximum atomic E-state index is 10.4. The van der Waals surface area contributed by atoms with Crippen LogP contribution in [-0.4, -0.2) is 29.1 Å². The Balaban J connectivity index is 2.32. The number of nitrogens with zero attached hydrogens (tertiary/aromatic N) is 2. The molecule has 0 radical (unpaired) electrons. The Kier molecular flexibility index (Phi) is 1.19. The predicted octanol–water partition coefficient (Wildman–Crippen LogP) is -1.06. The van der Waals surface area contributed by atoms with E-state index in [1.165, 1.54) is 6.92 Å². The first-order valence-electron chi connectivity index (χ1n) is 2.52. The highest BCUT2D eigenvalue weighted by molar-refractivity contribution is 5.72. The van der Waals surface area contributed by atoms with Crippen LogP contribution in [0.15, 0.2) is 0 Å². The van der Waals surface area contributed by atoms with Crippen LogP contribution in [0.2, 0.25) is 0 Å². The molecule has 1 fully saturated rings. The Morgan fingerprint density at radius 3 is 2.38 bits per heavy atom. The smallest absolute Gasteiger partial charge is 0.248 e. The summed E-state index contributed by atoms with van der Waals surface area (Å²) in [6, 6.07) is 0. The third-order valence-corrected chi connectivity index (χ3v) is 1.05. The zero-order valence-electron chi connectivity index (χ0n) is 4.79. The Morgan fingerprint density at radius 1 is 1.75 bits per heavy atom. The molecule has 4 heteroatoms. The van der Waals surface area contributed by atoms with Gasteiger partial charge in [-0.15, -0.1) is 0 Å². The summed E-state index contributed by atoms with van der Waals surface area (Å²) in [5, 5.41) is 2.89. The fraction of sp³-hybridized carbons (Fsp3) is 0.750. The third-order valence-electron chi connectivity index (χ3n) is 1.05. The largest absolute Gasteiger partial charge is 0.272 e. The first-order valence-corrected chi connectivity index (χ1v) is 2.52. The van der Waals surface area contributed by atoms with Crippen molar-refractivity contribution in [2.45, 2.75) is 6.92 Å². The number of hydrazine groups is 2. The van der Waals surface area contributed by atoms with Gasteiger partial charge in [0.15, 0.2) is 0 Å². The molecule has 4 nitrogen and oxygen atoms in total. The van der Waals surface area contributed by atoms with Gasteiger partial charge in [-0.05, 0) is 0 Å². The van der Waals surface area contributed by atoms with Crippen LogP contribution in [0.4, 0.5) is 0 Å². The summed E-state index contributed by atoms with van der Waals surface area (Å²) in [5.74, 6) is 5.12. The lowest BCUT2D eigenvalue weighted by Gasteiger charge is -2.12. The van der Waals surface area contributed by atoms with Crippen LogP contribution >= 0.6 is 0 Å². The molecule has 0 aromatic heterocycles. The lowest BCUT2D eigenvalue weighted by molar-refractivity contribution is -0.138. The van der Waals surface area contributed by atoms with Crippen molar-refractivity contribution in [2.24, 2.45) is 5.84 Å². The van der Waals surface area contributed by atoms with E-state index in [0.29, 0.717) is 0 Å². The van der Waals surface area contributed by atoms with Gasteiger partial charge in [0.2, 0.25) is 5.91 Å². The van der Waals surface area contributed by atoms with Gasteiger partial charge in [0.25, 0.3) is 0 Å². The van der Waals surface area contributed by atoms with Crippen molar-refractivity contribution in [1.82, 2.24) is 10.1 Å². The molecule has 46 valence electrons. The van der Waals surface area contributed by atoms with Gasteiger partial charge in [0.1, 0.15) is 0 Å². The van der Waals surface area contributed by atoms with Gasteiger partial charge in [-0.1, -0.05) is 0 Å². The molecule has 1 rings (SSSR count). The summed E-state index contributed by atoms with van der Waals surface area (Å²) in [4.78, 5) is 10.4. The molecule has 1 heterocycles. The molecule has 1 saturated heterocycles. The van der Waals surface area contributed by atoms with E-state index in [-0.39, 0.29) is 5.91 Å². The number of carbonyl (C=O) groups is 1. The number of hydrogen-bond donors (Lipinski definition) is 1. The lowest BCUT2D eigenvalue weighted by Crippen LogP contribution is -2.40. The van der Waals surface area contributed by atoms with Gasteiger partial charge in [-0.2, -0.15) is 0 Å². The molecule has 0 atom stereocenters. The fourth-order valence-electron chi connectivity index (χ4n) is 0.459. The Labute approximate surface area is 47.8 Å². The quantitative estimate of drug-likeness (QED) is 0.205. The molecule has 1 amide bonds. The van der Waals surface area contributed by atoms with Crippen molar-refractivity contribution < 1.29 is 4.79 Å². The second-order valence-corrected chi connectivity index (χ2v) is 1.82. The summed E-state index contributed by atoms with van der Waals surface area (Å²) in [5.41, 5.74) is 0. The van der Waals surface area contributed by atoms with Gasteiger partial charge in [0.05, 0.1) is 0 Å². The summed E-state index contributed by atoms with van der Waals surface area (Å²) in [6.45, 7) is 3.27. The second-order valence-electron chi connectivity index (χ2n) is 1.82. The molecule has 8 heavy (non-hydrogen) atoms. The van der Waals surface area contributed by atoms with Crippen LogP contribution in [0, 0.1) is 0 Å². The highest BCUT2D eigenvalue weighted by atomic mass is 16.2. The Hall–Kier alpha value is -0.610. The molecular weight excluding hydrogens is 106 g/mol. The summed E-state index contributed by atoms with van der Waals surface area (Å²) in [7, 11) is 0. The first-order chi connectivity index (χ1) is 3.72. The minimum Gasteiger partial charge on any atom is -0.272 e. The lowest BCUT2D eigenvalue weighted by atomic mass is 10.7. The average Bonchev–Trinajstić information content (AvgIpc) is 2.43. The van der Waals surface area contributed by atoms with E-state index >= 15 is 0 Å². The molecule has 0 saturated carbocycles. The van der Waals surface area contributed by atoms with E-state index in [0.717, 1.165) is 18.2 Å². The minimum atomic E-state index is -0.109. The van der Waals surface area contributed by atoms with Crippen LogP contribution in [0.3, 0.4) is 0 Å². The molecule has 1 aliphatic heterocycles. The van der Waals surface area contributed by atoms with Gasteiger partial charge in [-0.3, -0.25) is 4.79 Å². The monoisotopic (exact) mass is 115 g/mol. The van der Waals surface area contributed by atoms with Crippen molar-refractivity contribution in [2.75, 3.05) is 13.1 Å². The molecule has 0 aromatic carbocycles. The van der Waals surface area contributed by atoms with E-state index in [1.54, 1.807) is 5.01 Å². The molecule has 0 spiro atoms. The van der Waals surface area contributed by atoms with Gasteiger partial charge in [0, 0.05) is 20.0 Å². The standard InChI is InChI=1S/C4H9N3O/c1-4(8)7(5)6-2-3-6/h2-3,5H2,1H3. The number of carbonyl (C=O) groups excluding carboxylic acids is 1. The molecule has 0 bridgehead atoms. The van der Waals surface area contributed by atoms with E-state index in [4.69, 9.17) is 5.84 Å². The number of hydrogen-bond acceptors (Lipinski definition) is 3. The van der Waals surface area contributed by atoms with E-state index in [2.05, 4.69) is 0 Å². The number of nitrogens with two attached hydrogens (primary N) is 1. The van der Waals surface area contributed by atoms with Crippen LogP contribution in [0.5, 0.6) is 0 Å². The van der Waals surface area contributed by atoms with Gasteiger partial charge < -0.3 is 0 Å². The van der Waals surface area contributed by atoms with Gasteiger partial charge >= 0.3 is 0 Å². The Bertz CT molecular complexity index is 110. The predicted molar refractivity (Wildman–Crippen MR) is 28.3 cm³/mol. The van der Waals surface area contributed by atoms with Crippen molar-refractivity contribution in [3.05, 3.63) is 0 Å². The summed E-state index contributed by atoms with van der Waals surface area (Å²) >= 11 is 0. The van der Waals surface area contributed by atoms with E-state index in [9.17, 15) is 4.79 Å². The zero-order chi connectivity index (χ0) is 6.15. The SMILES string of the molecule is CC(=O)N(N)N1CC1. The number of rotatable bonds is 1. The zero-order valence-corrected chi connectivity index (χ0v) is 4.79. The van der Waals surface area contributed by atoms with Crippen LogP contribution in [0.1, 0.15) is 6.92 Å². The molecule has 0 aromatic rings. The third kappa shape index (κ3) is 0.962. The van der Waals surface area contributed by atoms with Crippen molar-refractivity contribution in [3.63, 3.8) is 0 Å². The molecule has 0 unspecified atom stereocenters. The summed E-state index contributed by atoms with van der Waals surface area (Å²) < 4.78 is 0. The van der Waals surface area contributed by atoms with E-state index in [1.807, 2.05) is 0 Å². The second kappa shape index (κ2) is 1.72.